The smallest absolute Gasteiger partial charge is 0.365 e. The number of H-pyrrole nitrogens is 2. The van der Waals surface area contributed by atoms with E-state index in [0.717, 1.165) is 33.9 Å². The first-order valence-electron chi connectivity index (χ1n) is 10.5. The highest BCUT2D eigenvalue weighted by Crippen LogP contribution is 2.34. The third kappa shape index (κ3) is 4.29. The van der Waals surface area contributed by atoms with E-state index in [1.165, 1.54) is 0 Å². The summed E-state index contributed by atoms with van der Waals surface area (Å²) in [5, 5.41) is 6.76. The number of aromatic amines is 2. The average molecular weight is 456 g/mol. The van der Waals surface area contributed by atoms with Gasteiger partial charge >= 0.3 is 5.88 Å². The second kappa shape index (κ2) is 9.02. The highest BCUT2D eigenvalue weighted by molar-refractivity contribution is 5.92. The molecular formula is C24H23N8O2+. The molecule has 0 saturated carbocycles. The number of aryl methyl sites for hydroxylation is 1. The maximum absolute atomic E-state index is 5.25. The Morgan fingerprint density at radius 2 is 1.71 bits per heavy atom. The lowest BCUT2D eigenvalue weighted by atomic mass is 10.1. The van der Waals surface area contributed by atoms with Crippen LogP contribution in [0.1, 0.15) is 5.82 Å². The Morgan fingerprint density at radius 1 is 0.882 bits per heavy atom. The molecule has 5 aromatic rings. The first kappa shape index (κ1) is 21.1. The number of aromatic nitrogens is 6. The first-order valence-corrected chi connectivity index (χ1v) is 10.5. The summed E-state index contributed by atoms with van der Waals surface area (Å²) in [5.74, 6) is 2.70. The number of methoxy groups -OCH3 is 2. The van der Waals surface area contributed by atoms with E-state index in [0.29, 0.717) is 28.9 Å². The van der Waals surface area contributed by atoms with Gasteiger partial charge in [-0.3, -0.25) is 0 Å². The SMILES string of the molecule is COc1ccc(Nc2cnc(Nc3ccc(OC)[nH+]c3)c(-c3nc(C)nc4nc[nH]c34)c2)cc1. The number of pyridine rings is 2. The summed E-state index contributed by atoms with van der Waals surface area (Å²) in [6.07, 6.45) is 5.19. The third-order valence-corrected chi connectivity index (χ3v) is 5.19. The van der Waals surface area contributed by atoms with Crippen molar-refractivity contribution in [2.24, 2.45) is 0 Å². The fourth-order valence-corrected chi connectivity index (χ4v) is 3.54. The Balaban J connectivity index is 1.58. The van der Waals surface area contributed by atoms with Crippen LogP contribution >= 0.6 is 0 Å². The van der Waals surface area contributed by atoms with Gasteiger partial charge in [-0.05, 0) is 43.3 Å². The molecule has 0 amide bonds. The lowest BCUT2D eigenvalue weighted by Crippen LogP contribution is -2.08. The predicted molar refractivity (Wildman–Crippen MR) is 129 cm³/mol. The van der Waals surface area contributed by atoms with Gasteiger partial charge in [0.05, 0.1) is 38.5 Å². The highest BCUT2D eigenvalue weighted by atomic mass is 16.5. The molecule has 34 heavy (non-hydrogen) atoms. The number of anilines is 4. The Bertz CT molecular complexity index is 1430. The molecule has 10 heteroatoms. The van der Waals surface area contributed by atoms with Crippen LogP contribution in [0, 0.1) is 6.92 Å². The molecule has 5 rings (SSSR count). The number of nitrogens with one attached hydrogen (secondary N) is 4. The van der Waals surface area contributed by atoms with Gasteiger partial charge in [0, 0.05) is 11.3 Å². The van der Waals surface area contributed by atoms with Crippen LogP contribution in [0.25, 0.3) is 22.4 Å². The topological polar surface area (TPSA) is 124 Å². The van der Waals surface area contributed by atoms with Crippen molar-refractivity contribution in [2.75, 3.05) is 24.9 Å². The molecule has 170 valence electrons. The molecule has 0 spiro atoms. The summed E-state index contributed by atoms with van der Waals surface area (Å²) in [6.45, 7) is 1.84. The van der Waals surface area contributed by atoms with E-state index in [4.69, 9.17) is 19.4 Å². The molecule has 10 nitrogen and oxygen atoms in total. The number of hydrogen-bond acceptors (Lipinski definition) is 8. The molecule has 0 fully saturated rings. The molecule has 0 aliphatic rings. The van der Waals surface area contributed by atoms with Gasteiger partial charge in [-0.25, -0.2) is 19.9 Å². The lowest BCUT2D eigenvalue weighted by Gasteiger charge is -2.14. The number of rotatable bonds is 7. The van der Waals surface area contributed by atoms with Crippen molar-refractivity contribution in [3.8, 4) is 22.9 Å². The van der Waals surface area contributed by atoms with Crippen LogP contribution < -0.4 is 25.1 Å². The Labute approximate surface area is 195 Å². The molecule has 0 aliphatic heterocycles. The van der Waals surface area contributed by atoms with Crippen LogP contribution in [0.4, 0.5) is 22.9 Å². The average Bonchev–Trinajstić information content (AvgIpc) is 3.34. The minimum absolute atomic E-state index is 0.597. The Hall–Kier alpha value is -4.73. The van der Waals surface area contributed by atoms with Crippen LogP contribution in [-0.2, 0) is 0 Å². The van der Waals surface area contributed by atoms with Gasteiger partial charge in [0.1, 0.15) is 34.3 Å². The Kier molecular flexibility index (Phi) is 5.61. The van der Waals surface area contributed by atoms with Crippen molar-refractivity contribution in [3.05, 3.63) is 67.0 Å². The van der Waals surface area contributed by atoms with E-state index in [1.54, 1.807) is 26.7 Å². The minimum Gasteiger partial charge on any atom is -0.497 e. The fraction of sp³-hybridized carbons (Fsp3) is 0.125. The van der Waals surface area contributed by atoms with Crippen molar-refractivity contribution in [1.82, 2.24) is 24.9 Å². The standard InChI is InChI=1S/C24H22N8O2/c1-14-29-21(22-24(30-14)28-13-27-22)19-10-17(31-15-4-7-18(33-2)8-5-15)12-26-23(19)32-16-6-9-20(34-3)25-11-16/h4-13,31H,1-3H3,(H,26,32)(H,27,28,29,30)/p+1. The molecule has 0 radical (unpaired) electrons. The van der Waals surface area contributed by atoms with Gasteiger partial charge in [0.2, 0.25) is 0 Å². The van der Waals surface area contributed by atoms with Gasteiger partial charge in [0.25, 0.3) is 0 Å². The summed E-state index contributed by atoms with van der Waals surface area (Å²) in [5.41, 5.74) is 5.34. The number of imidazole rings is 1. The van der Waals surface area contributed by atoms with E-state index in [2.05, 4.69) is 30.6 Å². The van der Waals surface area contributed by atoms with E-state index < -0.39 is 0 Å². The molecule has 0 atom stereocenters. The van der Waals surface area contributed by atoms with Gasteiger partial charge in [-0.2, -0.15) is 4.98 Å². The van der Waals surface area contributed by atoms with Gasteiger partial charge in [-0.15, -0.1) is 0 Å². The van der Waals surface area contributed by atoms with E-state index in [1.807, 2.05) is 55.6 Å². The van der Waals surface area contributed by atoms with Gasteiger partial charge in [-0.1, -0.05) is 0 Å². The largest absolute Gasteiger partial charge is 0.497 e. The van der Waals surface area contributed by atoms with Crippen molar-refractivity contribution in [2.45, 2.75) is 6.92 Å². The molecule has 0 aliphatic carbocycles. The number of benzene rings is 1. The number of fused-ring (bicyclic) bond motifs is 1. The van der Waals surface area contributed by atoms with Crippen molar-refractivity contribution >= 4 is 34.0 Å². The Morgan fingerprint density at radius 3 is 2.44 bits per heavy atom. The van der Waals surface area contributed by atoms with Gasteiger partial charge in [0.15, 0.2) is 11.8 Å². The molecule has 4 N–H and O–H groups in total. The normalized spacial score (nSPS) is 10.8. The first-order chi connectivity index (χ1) is 16.6. The monoisotopic (exact) mass is 455 g/mol. The lowest BCUT2D eigenvalue weighted by molar-refractivity contribution is -0.392. The minimum atomic E-state index is 0.597. The molecule has 0 saturated heterocycles. The number of nitrogens with zero attached hydrogens (tertiary/aromatic N) is 4. The highest BCUT2D eigenvalue weighted by Gasteiger charge is 2.17. The van der Waals surface area contributed by atoms with Crippen molar-refractivity contribution in [1.29, 1.82) is 0 Å². The molecule has 4 aromatic heterocycles. The third-order valence-electron chi connectivity index (χ3n) is 5.19. The van der Waals surface area contributed by atoms with Crippen LogP contribution in [-0.4, -0.2) is 39.1 Å². The summed E-state index contributed by atoms with van der Waals surface area (Å²) in [6, 6.07) is 13.4. The van der Waals surface area contributed by atoms with Crippen LogP contribution in [0.2, 0.25) is 0 Å². The summed E-state index contributed by atoms with van der Waals surface area (Å²) in [7, 11) is 3.26. The predicted octanol–water partition coefficient (Wildman–Crippen LogP) is 4.04. The number of ether oxygens (including phenoxy) is 2. The molecule has 1 aromatic carbocycles. The van der Waals surface area contributed by atoms with Gasteiger partial charge < -0.3 is 25.1 Å². The van der Waals surface area contributed by atoms with Crippen LogP contribution in [0.3, 0.4) is 0 Å². The maximum Gasteiger partial charge on any atom is 0.365 e. The van der Waals surface area contributed by atoms with E-state index in [9.17, 15) is 0 Å². The quantitative estimate of drug-likeness (QED) is 0.336. The van der Waals surface area contributed by atoms with E-state index >= 15 is 0 Å². The molecule has 0 bridgehead atoms. The van der Waals surface area contributed by atoms with Crippen molar-refractivity contribution < 1.29 is 14.5 Å². The van der Waals surface area contributed by atoms with Crippen LogP contribution in [0.5, 0.6) is 11.6 Å². The number of hydrogen-bond donors (Lipinski definition) is 3. The molecule has 0 unspecified atom stereocenters. The summed E-state index contributed by atoms with van der Waals surface area (Å²) >= 11 is 0. The second-order valence-corrected chi connectivity index (χ2v) is 7.46. The molecule has 4 heterocycles. The summed E-state index contributed by atoms with van der Waals surface area (Å²) < 4.78 is 10.5. The maximum atomic E-state index is 5.25. The zero-order chi connectivity index (χ0) is 23.5. The zero-order valence-electron chi connectivity index (χ0n) is 18.9. The fourth-order valence-electron chi connectivity index (χ4n) is 3.54. The van der Waals surface area contributed by atoms with Crippen molar-refractivity contribution in [3.63, 3.8) is 0 Å². The van der Waals surface area contributed by atoms with Crippen LogP contribution in [0.15, 0.2) is 61.2 Å². The molecular weight excluding hydrogens is 432 g/mol. The summed E-state index contributed by atoms with van der Waals surface area (Å²) in [4.78, 5) is 24.4. The zero-order valence-corrected chi connectivity index (χ0v) is 18.9. The second-order valence-electron chi connectivity index (χ2n) is 7.46. The van der Waals surface area contributed by atoms with E-state index in [-0.39, 0.29) is 0 Å².